The number of benzene rings is 1. The van der Waals surface area contributed by atoms with Gasteiger partial charge in [0.05, 0.1) is 0 Å². The van der Waals surface area contributed by atoms with Crippen molar-refractivity contribution in [3.05, 3.63) is 34.3 Å². The van der Waals surface area contributed by atoms with Gasteiger partial charge in [-0.1, -0.05) is 28.1 Å². The first kappa shape index (κ1) is 17.5. The van der Waals surface area contributed by atoms with Gasteiger partial charge in [-0.3, -0.25) is 0 Å². The Bertz CT molecular complexity index is 493. The zero-order valence-electron chi connectivity index (χ0n) is 12.4. The van der Waals surface area contributed by atoms with Crippen LogP contribution in [0.3, 0.4) is 0 Å². The molecule has 21 heavy (non-hydrogen) atoms. The molecule has 2 N–H and O–H groups in total. The predicted molar refractivity (Wildman–Crippen MR) is 83.3 cm³/mol. The van der Waals surface area contributed by atoms with E-state index in [1.165, 1.54) is 0 Å². The van der Waals surface area contributed by atoms with Gasteiger partial charge >= 0.3 is 12.1 Å². The van der Waals surface area contributed by atoms with Crippen LogP contribution < -0.4 is 5.32 Å². The second kappa shape index (κ2) is 7.45. The van der Waals surface area contributed by atoms with Crippen LogP contribution in [0.4, 0.5) is 4.79 Å². The first-order valence-electron chi connectivity index (χ1n) is 6.64. The lowest BCUT2D eigenvalue weighted by molar-refractivity contribution is -0.139. The molecule has 0 aliphatic heterocycles. The molecule has 0 heterocycles. The van der Waals surface area contributed by atoms with E-state index < -0.39 is 23.7 Å². The number of rotatable bonds is 5. The summed E-state index contributed by atoms with van der Waals surface area (Å²) in [6, 6.07) is 6.65. The number of carboxylic acids is 1. The van der Waals surface area contributed by atoms with Gasteiger partial charge in [-0.05, 0) is 51.3 Å². The van der Waals surface area contributed by atoms with Crippen LogP contribution in [0.15, 0.2) is 28.7 Å². The number of carboxylic acid groups (broad SMARTS) is 1. The van der Waals surface area contributed by atoms with E-state index in [0.29, 0.717) is 12.8 Å². The van der Waals surface area contributed by atoms with Crippen LogP contribution in [0.25, 0.3) is 0 Å². The molecule has 116 valence electrons. The molecule has 1 atom stereocenters. The lowest BCUT2D eigenvalue weighted by Gasteiger charge is -2.22. The van der Waals surface area contributed by atoms with Crippen molar-refractivity contribution in [3.63, 3.8) is 0 Å². The number of hydrogen-bond donors (Lipinski definition) is 2. The molecule has 0 aliphatic carbocycles. The maximum absolute atomic E-state index is 11.6. The molecule has 0 aromatic heterocycles. The van der Waals surface area contributed by atoms with Gasteiger partial charge in [-0.25, -0.2) is 9.59 Å². The SMILES string of the molecule is CC(C)(C)OC(=O)NC(CCc1ccc(Br)cc1)C(=O)O. The molecule has 1 unspecified atom stereocenters. The summed E-state index contributed by atoms with van der Waals surface area (Å²) < 4.78 is 6.03. The molecule has 1 aromatic carbocycles. The van der Waals surface area contributed by atoms with Gasteiger partial charge in [0, 0.05) is 4.47 Å². The van der Waals surface area contributed by atoms with E-state index >= 15 is 0 Å². The van der Waals surface area contributed by atoms with Gasteiger partial charge in [-0.15, -0.1) is 0 Å². The van der Waals surface area contributed by atoms with E-state index in [1.54, 1.807) is 20.8 Å². The predicted octanol–water partition coefficient (Wildman–Crippen LogP) is 3.36. The Hall–Kier alpha value is -1.56. The van der Waals surface area contributed by atoms with E-state index in [4.69, 9.17) is 9.84 Å². The summed E-state index contributed by atoms with van der Waals surface area (Å²) in [5.74, 6) is -1.07. The highest BCUT2D eigenvalue weighted by molar-refractivity contribution is 9.10. The largest absolute Gasteiger partial charge is 0.480 e. The lowest BCUT2D eigenvalue weighted by atomic mass is 10.1. The normalized spacial score (nSPS) is 12.6. The van der Waals surface area contributed by atoms with Crippen LogP contribution in [-0.2, 0) is 16.0 Å². The number of aryl methyl sites for hydroxylation is 1. The minimum Gasteiger partial charge on any atom is -0.480 e. The number of ether oxygens (including phenoxy) is 1. The fourth-order valence-electron chi connectivity index (χ4n) is 1.67. The number of alkyl carbamates (subject to hydrolysis) is 1. The Morgan fingerprint density at radius 3 is 2.33 bits per heavy atom. The number of carbonyl (C=O) groups excluding carboxylic acids is 1. The van der Waals surface area contributed by atoms with Crippen molar-refractivity contribution < 1.29 is 19.4 Å². The summed E-state index contributed by atoms with van der Waals surface area (Å²) in [4.78, 5) is 22.8. The molecule has 0 radical (unpaired) electrons. The highest BCUT2D eigenvalue weighted by Crippen LogP contribution is 2.13. The van der Waals surface area contributed by atoms with Crippen LogP contribution >= 0.6 is 15.9 Å². The van der Waals surface area contributed by atoms with E-state index in [9.17, 15) is 9.59 Å². The summed E-state index contributed by atoms with van der Waals surface area (Å²) in [6.45, 7) is 5.18. The van der Waals surface area contributed by atoms with Crippen molar-refractivity contribution in [3.8, 4) is 0 Å². The van der Waals surface area contributed by atoms with Crippen LogP contribution in [0, 0.1) is 0 Å². The van der Waals surface area contributed by atoms with Crippen molar-refractivity contribution in [2.24, 2.45) is 0 Å². The lowest BCUT2D eigenvalue weighted by Crippen LogP contribution is -2.43. The molecule has 0 spiro atoms. The van der Waals surface area contributed by atoms with E-state index in [2.05, 4.69) is 21.2 Å². The highest BCUT2D eigenvalue weighted by atomic mass is 79.9. The molecular formula is C15H20BrNO4. The zero-order chi connectivity index (χ0) is 16.0. The molecule has 0 aliphatic rings. The zero-order valence-corrected chi connectivity index (χ0v) is 13.9. The van der Waals surface area contributed by atoms with Gasteiger partial charge in [-0.2, -0.15) is 0 Å². The van der Waals surface area contributed by atoms with Gasteiger partial charge in [0.25, 0.3) is 0 Å². The van der Waals surface area contributed by atoms with Crippen molar-refractivity contribution in [1.82, 2.24) is 5.32 Å². The summed E-state index contributed by atoms with van der Waals surface area (Å²) in [7, 11) is 0. The molecular weight excluding hydrogens is 338 g/mol. The summed E-state index contributed by atoms with van der Waals surface area (Å²) >= 11 is 3.34. The first-order chi connectivity index (χ1) is 9.67. The second-order valence-corrected chi connectivity index (χ2v) is 6.62. The Morgan fingerprint density at radius 2 is 1.86 bits per heavy atom. The van der Waals surface area contributed by atoms with Crippen LogP contribution in [0.2, 0.25) is 0 Å². The molecule has 1 amide bonds. The molecule has 0 saturated heterocycles. The Balaban J connectivity index is 2.56. The molecule has 5 nitrogen and oxygen atoms in total. The average Bonchev–Trinajstić information content (AvgIpc) is 2.33. The van der Waals surface area contributed by atoms with Gasteiger partial charge in [0.1, 0.15) is 11.6 Å². The summed E-state index contributed by atoms with van der Waals surface area (Å²) in [6.07, 6.45) is 0.140. The highest BCUT2D eigenvalue weighted by Gasteiger charge is 2.23. The monoisotopic (exact) mass is 357 g/mol. The van der Waals surface area contributed by atoms with Crippen LogP contribution in [0.1, 0.15) is 32.8 Å². The smallest absolute Gasteiger partial charge is 0.408 e. The standard InChI is InChI=1S/C15H20BrNO4/c1-15(2,3)21-14(20)17-12(13(18)19)9-6-10-4-7-11(16)8-5-10/h4-5,7-8,12H,6,9H2,1-3H3,(H,17,20)(H,18,19). The van der Waals surface area contributed by atoms with Crippen molar-refractivity contribution >= 4 is 28.0 Å². The summed E-state index contributed by atoms with van der Waals surface area (Å²) in [5, 5.41) is 11.5. The molecule has 0 saturated carbocycles. The molecule has 0 bridgehead atoms. The Labute approximate surface area is 132 Å². The average molecular weight is 358 g/mol. The third kappa shape index (κ3) is 7.13. The van der Waals surface area contributed by atoms with Gasteiger partial charge < -0.3 is 15.2 Å². The van der Waals surface area contributed by atoms with Crippen molar-refractivity contribution in [2.45, 2.75) is 45.3 Å². The third-order valence-electron chi connectivity index (χ3n) is 2.62. The van der Waals surface area contributed by atoms with Crippen molar-refractivity contribution in [1.29, 1.82) is 0 Å². The molecule has 1 aromatic rings. The number of carbonyl (C=O) groups is 2. The Kier molecular flexibility index (Phi) is 6.20. The van der Waals surface area contributed by atoms with Crippen molar-refractivity contribution in [2.75, 3.05) is 0 Å². The van der Waals surface area contributed by atoms with E-state index in [0.717, 1.165) is 10.0 Å². The maximum atomic E-state index is 11.6. The number of nitrogens with one attached hydrogen (secondary N) is 1. The second-order valence-electron chi connectivity index (χ2n) is 5.70. The minimum absolute atomic E-state index is 0.302. The molecule has 1 rings (SSSR count). The number of amides is 1. The van der Waals surface area contributed by atoms with Crippen LogP contribution in [-0.4, -0.2) is 28.8 Å². The molecule has 0 fully saturated rings. The number of halogens is 1. The molecule has 6 heteroatoms. The minimum atomic E-state index is -1.07. The quantitative estimate of drug-likeness (QED) is 0.846. The summed E-state index contributed by atoms with van der Waals surface area (Å²) in [5.41, 5.74) is 0.356. The first-order valence-corrected chi connectivity index (χ1v) is 7.43. The fraction of sp³-hybridized carbons (Fsp3) is 0.467. The van der Waals surface area contributed by atoms with Crippen LogP contribution in [0.5, 0.6) is 0 Å². The van der Waals surface area contributed by atoms with E-state index in [1.807, 2.05) is 24.3 Å². The Morgan fingerprint density at radius 1 is 1.29 bits per heavy atom. The number of hydrogen-bond acceptors (Lipinski definition) is 3. The third-order valence-corrected chi connectivity index (χ3v) is 3.15. The number of aliphatic carboxylic acids is 1. The van der Waals surface area contributed by atoms with Gasteiger partial charge in [0.15, 0.2) is 0 Å². The van der Waals surface area contributed by atoms with Gasteiger partial charge in [0.2, 0.25) is 0 Å². The topological polar surface area (TPSA) is 75.6 Å². The fourth-order valence-corrected chi connectivity index (χ4v) is 1.93. The maximum Gasteiger partial charge on any atom is 0.408 e. The van der Waals surface area contributed by atoms with E-state index in [-0.39, 0.29) is 0 Å².